The topological polar surface area (TPSA) is 81.2 Å². The summed E-state index contributed by atoms with van der Waals surface area (Å²) >= 11 is 0. The standard InChI is InChI=1S/C22H33N3O4S/c26-21-8-6-18(7-9-21)24-13-11-23(12-14-24)16-22(27)25(19-4-2-1-3-5-19)20-10-15-30(28,29)17-20/h6-9,19-20,26H,1-5,10-17H2. The Bertz CT molecular complexity index is 828. The number of phenolic OH excluding ortho intramolecular Hbond substituents is 1. The van der Waals surface area contributed by atoms with E-state index < -0.39 is 9.84 Å². The average Bonchev–Trinajstić information content (AvgIpc) is 3.09. The molecular weight excluding hydrogens is 402 g/mol. The Morgan fingerprint density at radius 2 is 1.63 bits per heavy atom. The molecule has 0 spiro atoms. The van der Waals surface area contributed by atoms with E-state index in [4.69, 9.17) is 0 Å². The number of benzene rings is 1. The van der Waals surface area contributed by atoms with Gasteiger partial charge in [-0.15, -0.1) is 0 Å². The van der Waals surface area contributed by atoms with Gasteiger partial charge in [0.25, 0.3) is 0 Å². The summed E-state index contributed by atoms with van der Waals surface area (Å²) in [7, 11) is -3.02. The normalized spacial score (nSPS) is 25.3. The van der Waals surface area contributed by atoms with Crippen molar-refractivity contribution in [1.29, 1.82) is 0 Å². The lowest BCUT2D eigenvalue weighted by molar-refractivity contribution is -0.137. The molecule has 30 heavy (non-hydrogen) atoms. The second-order valence-corrected chi connectivity index (χ2v) is 11.2. The summed E-state index contributed by atoms with van der Waals surface area (Å²) in [4.78, 5) is 19.8. The number of aromatic hydroxyl groups is 1. The molecule has 1 atom stereocenters. The van der Waals surface area contributed by atoms with Gasteiger partial charge in [0.1, 0.15) is 5.75 Å². The summed E-state index contributed by atoms with van der Waals surface area (Å²) in [6, 6.07) is 7.28. The molecule has 8 heteroatoms. The molecule has 0 aromatic heterocycles. The molecule has 3 fully saturated rings. The van der Waals surface area contributed by atoms with Gasteiger partial charge >= 0.3 is 0 Å². The van der Waals surface area contributed by atoms with Gasteiger partial charge < -0.3 is 14.9 Å². The van der Waals surface area contributed by atoms with Crippen molar-refractivity contribution in [3.05, 3.63) is 24.3 Å². The molecule has 1 aromatic carbocycles. The van der Waals surface area contributed by atoms with E-state index >= 15 is 0 Å². The third-order valence-electron chi connectivity index (χ3n) is 6.80. The molecule has 4 rings (SSSR count). The van der Waals surface area contributed by atoms with Crippen LogP contribution in [0.3, 0.4) is 0 Å². The maximum Gasteiger partial charge on any atom is 0.237 e. The number of carbonyl (C=O) groups is 1. The van der Waals surface area contributed by atoms with Crippen LogP contribution >= 0.6 is 0 Å². The SMILES string of the molecule is O=C(CN1CCN(c2ccc(O)cc2)CC1)N(C1CCCCC1)C1CCS(=O)(=O)C1. The molecule has 0 radical (unpaired) electrons. The van der Waals surface area contributed by atoms with Gasteiger partial charge in [-0.3, -0.25) is 9.69 Å². The van der Waals surface area contributed by atoms with Gasteiger partial charge in [0, 0.05) is 44.0 Å². The van der Waals surface area contributed by atoms with E-state index in [1.165, 1.54) is 6.42 Å². The molecule has 1 aliphatic carbocycles. The van der Waals surface area contributed by atoms with E-state index in [2.05, 4.69) is 9.80 Å². The Morgan fingerprint density at radius 3 is 2.23 bits per heavy atom. The van der Waals surface area contributed by atoms with Gasteiger partial charge in [-0.05, 0) is 43.5 Å². The Morgan fingerprint density at radius 1 is 0.967 bits per heavy atom. The average molecular weight is 436 g/mol. The van der Waals surface area contributed by atoms with Crippen molar-refractivity contribution in [2.24, 2.45) is 0 Å². The molecule has 2 saturated heterocycles. The number of anilines is 1. The first kappa shape index (κ1) is 21.4. The number of rotatable bonds is 5. The predicted molar refractivity (Wildman–Crippen MR) is 118 cm³/mol. The van der Waals surface area contributed by atoms with E-state index in [1.54, 1.807) is 12.1 Å². The van der Waals surface area contributed by atoms with Crippen LogP contribution in [0.1, 0.15) is 38.5 Å². The fraction of sp³-hybridized carbons (Fsp3) is 0.682. The van der Waals surface area contributed by atoms with Crippen molar-refractivity contribution < 1.29 is 18.3 Å². The van der Waals surface area contributed by atoms with E-state index in [9.17, 15) is 18.3 Å². The zero-order valence-corrected chi connectivity index (χ0v) is 18.4. The summed E-state index contributed by atoms with van der Waals surface area (Å²) in [5.74, 6) is 0.699. The monoisotopic (exact) mass is 435 g/mol. The van der Waals surface area contributed by atoms with Gasteiger partial charge in [0.15, 0.2) is 9.84 Å². The highest BCUT2D eigenvalue weighted by Crippen LogP contribution is 2.29. The van der Waals surface area contributed by atoms with E-state index in [0.29, 0.717) is 13.0 Å². The molecule has 1 unspecified atom stereocenters. The summed E-state index contributed by atoms with van der Waals surface area (Å²) in [5, 5.41) is 9.47. The van der Waals surface area contributed by atoms with E-state index in [-0.39, 0.29) is 35.2 Å². The van der Waals surface area contributed by atoms with Crippen LogP contribution in [-0.4, -0.2) is 85.5 Å². The number of sulfone groups is 1. The minimum Gasteiger partial charge on any atom is -0.508 e. The van der Waals surface area contributed by atoms with Crippen LogP contribution in [0, 0.1) is 0 Å². The minimum absolute atomic E-state index is 0.0992. The smallest absolute Gasteiger partial charge is 0.237 e. The lowest BCUT2D eigenvalue weighted by Gasteiger charge is -2.41. The fourth-order valence-corrected chi connectivity index (χ4v) is 6.87. The van der Waals surface area contributed by atoms with Crippen LogP contribution in [0.25, 0.3) is 0 Å². The van der Waals surface area contributed by atoms with Gasteiger partial charge in [-0.2, -0.15) is 0 Å². The number of amides is 1. The second-order valence-electron chi connectivity index (χ2n) is 8.93. The number of hydrogen-bond acceptors (Lipinski definition) is 6. The number of piperazine rings is 1. The Balaban J connectivity index is 1.37. The molecule has 3 aliphatic rings. The number of phenols is 1. The predicted octanol–water partition coefficient (Wildman–Crippen LogP) is 1.86. The maximum absolute atomic E-state index is 13.3. The van der Waals surface area contributed by atoms with Crippen LogP contribution in [0.4, 0.5) is 5.69 Å². The fourth-order valence-electron chi connectivity index (χ4n) is 5.16. The summed E-state index contributed by atoms with van der Waals surface area (Å²) in [5.41, 5.74) is 1.08. The van der Waals surface area contributed by atoms with E-state index in [0.717, 1.165) is 57.5 Å². The molecule has 1 aromatic rings. The van der Waals surface area contributed by atoms with Crippen molar-refractivity contribution in [3.63, 3.8) is 0 Å². The summed E-state index contributed by atoms with van der Waals surface area (Å²) in [6.45, 7) is 3.64. The molecule has 2 heterocycles. The van der Waals surface area contributed by atoms with Gasteiger partial charge in [-0.1, -0.05) is 19.3 Å². The Kier molecular flexibility index (Phi) is 6.53. The van der Waals surface area contributed by atoms with E-state index in [1.807, 2.05) is 17.0 Å². The number of nitrogens with zero attached hydrogens (tertiary/aromatic N) is 3. The van der Waals surface area contributed by atoms with Crippen molar-refractivity contribution >= 4 is 21.4 Å². The summed E-state index contributed by atoms with van der Waals surface area (Å²) in [6.07, 6.45) is 6.03. The maximum atomic E-state index is 13.3. The molecule has 7 nitrogen and oxygen atoms in total. The zero-order chi connectivity index (χ0) is 21.1. The lowest BCUT2D eigenvalue weighted by Crippen LogP contribution is -2.54. The van der Waals surface area contributed by atoms with Crippen LogP contribution in [0.15, 0.2) is 24.3 Å². The second kappa shape index (κ2) is 9.14. The van der Waals surface area contributed by atoms with Crippen LogP contribution in [0.5, 0.6) is 5.75 Å². The Hall–Kier alpha value is -1.80. The third kappa shape index (κ3) is 5.09. The highest BCUT2D eigenvalue weighted by Gasteiger charge is 2.39. The first-order chi connectivity index (χ1) is 14.4. The largest absolute Gasteiger partial charge is 0.508 e. The molecule has 1 N–H and O–H groups in total. The molecule has 1 amide bonds. The van der Waals surface area contributed by atoms with Crippen molar-refractivity contribution in [3.8, 4) is 5.75 Å². The molecular formula is C22H33N3O4S. The lowest BCUT2D eigenvalue weighted by atomic mass is 9.92. The summed E-state index contributed by atoms with van der Waals surface area (Å²) < 4.78 is 24.1. The van der Waals surface area contributed by atoms with Crippen LogP contribution in [-0.2, 0) is 14.6 Å². The highest BCUT2D eigenvalue weighted by molar-refractivity contribution is 7.91. The van der Waals surface area contributed by atoms with Gasteiger partial charge in [-0.25, -0.2) is 8.42 Å². The number of hydrogen-bond donors (Lipinski definition) is 1. The zero-order valence-electron chi connectivity index (χ0n) is 17.6. The third-order valence-corrected chi connectivity index (χ3v) is 8.55. The van der Waals surface area contributed by atoms with Gasteiger partial charge in [0.05, 0.1) is 18.1 Å². The first-order valence-corrected chi connectivity index (χ1v) is 13.0. The van der Waals surface area contributed by atoms with Crippen molar-refractivity contribution in [2.45, 2.75) is 50.6 Å². The van der Waals surface area contributed by atoms with Gasteiger partial charge in [0.2, 0.25) is 5.91 Å². The van der Waals surface area contributed by atoms with Crippen LogP contribution in [0.2, 0.25) is 0 Å². The quantitative estimate of drug-likeness (QED) is 0.760. The molecule has 0 bridgehead atoms. The number of carbonyl (C=O) groups excluding carboxylic acids is 1. The Labute approximate surface area is 179 Å². The van der Waals surface area contributed by atoms with Crippen LogP contribution < -0.4 is 4.90 Å². The van der Waals surface area contributed by atoms with Crippen molar-refractivity contribution in [1.82, 2.24) is 9.80 Å². The molecule has 166 valence electrons. The molecule has 1 saturated carbocycles. The minimum atomic E-state index is -3.02. The highest BCUT2D eigenvalue weighted by atomic mass is 32.2. The molecule has 2 aliphatic heterocycles. The van der Waals surface area contributed by atoms with Crippen molar-refractivity contribution in [2.75, 3.05) is 49.1 Å². The first-order valence-electron chi connectivity index (χ1n) is 11.2.